The van der Waals surface area contributed by atoms with E-state index >= 15 is 0 Å². The molecule has 2 aromatic carbocycles. The summed E-state index contributed by atoms with van der Waals surface area (Å²) >= 11 is 1.62. The smallest absolute Gasteiger partial charge is 0.256 e. The lowest BCUT2D eigenvalue weighted by Gasteiger charge is -2.12. The zero-order valence-electron chi connectivity index (χ0n) is 12.3. The number of carbonyl (C=O) groups excluding carboxylic acids is 1. The average Bonchev–Trinajstić information content (AvgIpc) is 2.42. The van der Waals surface area contributed by atoms with Crippen LogP contribution in [0.2, 0.25) is 0 Å². The molecule has 0 aliphatic rings. The van der Waals surface area contributed by atoms with E-state index in [1.165, 1.54) is 6.07 Å². The average molecular weight is 303 g/mol. The highest BCUT2D eigenvalue weighted by atomic mass is 32.2. The predicted molar refractivity (Wildman–Crippen MR) is 86.5 cm³/mol. The minimum absolute atomic E-state index is 0.212. The monoisotopic (exact) mass is 303 g/mol. The molecule has 0 bridgehead atoms. The molecular formula is C17H18FNOS. The molecule has 0 aliphatic heterocycles. The highest BCUT2D eigenvalue weighted by Crippen LogP contribution is 2.27. The van der Waals surface area contributed by atoms with Crippen molar-refractivity contribution >= 4 is 23.4 Å². The standard InChI is InChI=1S/C17H18FNOS/c1-11(2)21-16-7-5-4-6-13(16)17(20)19-15-10-12(3)8-9-14(15)18/h4-11H,1-3H3,(H,19,20). The van der Waals surface area contributed by atoms with Gasteiger partial charge in [-0.25, -0.2) is 4.39 Å². The number of nitrogens with one attached hydrogen (secondary N) is 1. The van der Waals surface area contributed by atoms with Crippen LogP contribution in [0.4, 0.5) is 10.1 Å². The van der Waals surface area contributed by atoms with Crippen LogP contribution < -0.4 is 5.32 Å². The fourth-order valence-corrected chi connectivity index (χ4v) is 2.89. The number of carbonyl (C=O) groups is 1. The van der Waals surface area contributed by atoms with Crippen LogP contribution in [0.15, 0.2) is 47.4 Å². The van der Waals surface area contributed by atoms with Gasteiger partial charge in [-0.3, -0.25) is 4.79 Å². The molecule has 0 saturated carbocycles. The van der Waals surface area contributed by atoms with Crippen LogP contribution in [-0.2, 0) is 0 Å². The summed E-state index contributed by atoms with van der Waals surface area (Å²) in [5.41, 5.74) is 1.68. The van der Waals surface area contributed by atoms with Crippen molar-refractivity contribution in [1.29, 1.82) is 0 Å². The Hall–Kier alpha value is -1.81. The molecule has 2 nitrogen and oxygen atoms in total. The van der Waals surface area contributed by atoms with Crippen molar-refractivity contribution in [2.24, 2.45) is 0 Å². The maximum Gasteiger partial charge on any atom is 0.256 e. The molecule has 0 aliphatic carbocycles. The van der Waals surface area contributed by atoms with Crippen molar-refractivity contribution < 1.29 is 9.18 Å². The summed E-state index contributed by atoms with van der Waals surface area (Å²) in [5, 5.41) is 3.02. The van der Waals surface area contributed by atoms with Gasteiger partial charge in [0.25, 0.3) is 5.91 Å². The van der Waals surface area contributed by atoms with E-state index < -0.39 is 5.82 Å². The zero-order chi connectivity index (χ0) is 15.4. The molecule has 4 heteroatoms. The highest BCUT2D eigenvalue weighted by molar-refractivity contribution is 8.00. The molecule has 0 atom stereocenters. The van der Waals surface area contributed by atoms with Crippen LogP contribution in [0.5, 0.6) is 0 Å². The molecule has 0 saturated heterocycles. The summed E-state index contributed by atoms with van der Waals surface area (Å²) in [6.45, 7) is 6.00. The molecule has 21 heavy (non-hydrogen) atoms. The fraction of sp³-hybridized carbons (Fsp3) is 0.235. The summed E-state index contributed by atoms with van der Waals surface area (Å²) in [6.07, 6.45) is 0. The maximum absolute atomic E-state index is 13.7. The Bertz CT molecular complexity index is 655. The zero-order valence-corrected chi connectivity index (χ0v) is 13.1. The third-order valence-electron chi connectivity index (χ3n) is 2.86. The van der Waals surface area contributed by atoms with Crippen LogP contribution >= 0.6 is 11.8 Å². The van der Waals surface area contributed by atoms with Crippen molar-refractivity contribution in [2.75, 3.05) is 5.32 Å². The van der Waals surface area contributed by atoms with Gasteiger partial charge >= 0.3 is 0 Å². The van der Waals surface area contributed by atoms with Crippen molar-refractivity contribution in [3.8, 4) is 0 Å². The van der Waals surface area contributed by atoms with Gasteiger partial charge in [0.05, 0.1) is 11.3 Å². The van der Waals surface area contributed by atoms with Crippen molar-refractivity contribution in [1.82, 2.24) is 0 Å². The second-order valence-electron chi connectivity index (χ2n) is 5.10. The van der Waals surface area contributed by atoms with Gasteiger partial charge < -0.3 is 5.32 Å². The molecule has 0 spiro atoms. The number of halogens is 1. The third-order valence-corrected chi connectivity index (χ3v) is 3.95. The number of hydrogen-bond donors (Lipinski definition) is 1. The van der Waals surface area contributed by atoms with E-state index in [-0.39, 0.29) is 11.6 Å². The van der Waals surface area contributed by atoms with Gasteiger partial charge in [-0.1, -0.05) is 32.0 Å². The van der Waals surface area contributed by atoms with Crippen LogP contribution in [0.1, 0.15) is 29.8 Å². The van der Waals surface area contributed by atoms with E-state index in [9.17, 15) is 9.18 Å². The number of amides is 1. The van der Waals surface area contributed by atoms with Gasteiger partial charge in [0, 0.05) is 10.1 Å². The lowest BCUT2D eigenvalue weighted by atomic mass is 10.2. The molecule has 0 radical (unpaired) electrons. The van der Waals surface area contributed by atoms with Gasteiger partial charge in [0.15, 0.2) is 0 Å². The molecule has 0 aromatic heterocycles. The minimum Gasteiger partial charge on any atom is -0.319 e. The molecule has 0 heterocycles. The Morgan fingerprint density at radius 2 is 1.90 bits per heavy atom. The van der Waals surface area contributed by atoms with E-state index in [4.69, 9.17) is 0 Å². The number of benzene rings is 2. The summed E-state index contributed by atoms with van der Waals surface area (Å²) < 4.78 is 13.7. The van der Waals surface area contributed by atoms with Gasteiger partial charge in [-0.15, -0.1) is 11.8 Å². The Morgan fingerprint density at radius 1 is 1.19 bits per heavy atom. The van der Waals surface area contributed by atoms with Gasteiger partial charge in [0.1, 0.15) is 5.82 Å². The van der Waals surface area contributed by atoms with Crippen LogP contribution in [-0.4, -0.2) is 11.2 Å². The van der Waals surface area contributed by atoms with E-state index in [1.807, 2.05) is 25.1 Å². The van der Waals surface area contributed by atoms with Crippen molar-refractivity contribution in [3.63, 3.8) is 0 Å². The van der Waals surface area contributed by atoms with E-state index in [0.717, 1.165) is 10.5 Å². The summed E-state index contributed by atoms with van der Waals surface area (Å²) in [5.74, 6) is -0.716. The third kappa shape index (κ3) is 4.08. The second kappa shape index (κ2) is 6.76. The second-order valence-corrected chi connectivity index (χ2v) is 6.72. The van der Waals surface area contributed by atoms with Crippen molar-refractivity contribution in [2.45, 2.75) is 30.9 Å². The Kier molecular flexibility index (Phi) is 5.02. The SMILES string of the molecule is Cc1ccc(F)c(NC(=O)c2ccccc2SC(C)C)c1. The Morgan fingerprint density at radius 3 is 2.62 bits per heavy atom. The number of anilines is 1. The van der Waals surface area contributed by atoms with Gasteiger partial charge in [-0.2, -0.15) is 0 Å². The summed E-state index contributed by atoms with van der Waals surface area (Å²) in [4.78, 5) is 13.3. The lowest BCUT2D eigenvalue weighted by Crippen LogP contribution is -2.14. The van der Waals surface area contributed by atoms with E-state index in [2.05, 4.69) is 19.2 Å². The number of thioether (sulfide) groups is 1. The largest absolute Gasteiger partial charge is 0.319 e. The van der Waals surface area contributed by atoms with Gasteiger partial charge in [0.2, 0.25) is 0 Å². The first kappa shape index (κ1) is 15.6. The molecule has 1 N–H and O–H groups in total. The molecule has 1 amide bonds. The van der Waals surface area contributed by atoms with E-state index in [0.29, 0.717) is 10.8 Å². The normalized spacial score (nSPS) is 10.7. The Balaban J connectivity index is 2.26. The first-order valence-electron chi connectivity index (χ1n) is 6.80. The maximum atomic E-state index is 13.7. The van der Waals surface area contributed by atoms with Crippen LogP contribution in [0.25, 0.3) is 0 Å². The molecule has 2 rings (SSSR count). The lowest BCUT2D eigenvalue weighted by molar-refractivity contribution is 0.102. The fourth-order valence-electron chi connectivity index (χ4n) is 1.94. The van der Waals surface area contributed by atoms with Crippen LogP contribution in [0.3, 0.4) is 0 Å². The molecule has 0 fully saturated rings. The summed E-state index contributed by atoms with van der Waals surface area (Å²) in [6, 6.07) is 12.0. The first-order chi connectivity index (χ1) is 9.97. The summed E-state index contributed by atoms with van der Waals surface area (Å²) in [7, 11) is 0. The van der Waals surface area contributed by atoms with Gasteiger partial charge in [-0.05, 0) is 36.8 Å². The van der Waals surface area contributed by atoms with Crippen LogP contribution in [0, 0.1) is 12.7 Å². The first-order valence-corrected chi connectivity index (χ1v) is 7.68. The molecular weight excluding hydrogens is 285 g/mol. The molecule has 0 unspecified atom stereocenters. The number of aryl methyl sites for hydroxylation is 1. The van der Waals surface area contributed by atoms with E-state index in [1.54, 1.807) is 30.0 Å². The Labute approximate surface area is 128 Å². The minimum atomic E-state index is -0.428. The number of rotatable bonds is 4. The van der Waals surface area contributed by atoms with Crippen molar-refractivity contribution in [3.05, 3.63) is 59.4 Å². The molecule has 2 aromatic rings. The predicted octanol–water partition coefficient (Wildman–Crippen LogP) is 4.89. The molecule has 110 valence electrons. The topological polar surface area (TPSA) is 29.1 Å². The quantitative estimate of drug-likeness (QED) is 0.815. The highest BCUT2D eigenvalue weighted by Gasteiger charge is 2.14. The number of hydrogen-bond acceptors (Lipinski definition) is 2.